The number of amides is 3. The number of hydrogen-bond acceptors (Lipinski definition) is 7. The number of rotatable bonds is 7. The van der Waals surface area contributed by atoms with E-state index < -0.39 is 48.1 Å². The molecule has 1 aliphatic heterocycles. The van der Waals surface area contributed by atoms with Crippen LogP contribution in [0.25, 0.3) is 0 Å². The Morgan fingerprint density at radius 3 is 2.35 bits per heavy atom. The molecule has 204 valence electrons. The van der Waals surface area contributed by atoms with Crippen LogP contribution < -0.4 is 16.0 Å². The number of ether oxygens (including phenoxy) is 1. The van der Waals surface area contributed by atoms with Crippen molar-refractivity contribution in [2.24, 2.45) is 5.92 Å². The fraction of sp³-hybridized carbons (Fsp3) is 0.519. The largest absolute Gasteiger partial charge is 0.491 e. The Balaban J connectivity index is 2.39. The monoisotopic (exact) mass is 549 g/mol. The molecule has 0 saturated carbocycles. The van der Waals surface area contributed by atoms with Crippen molar-refractivity contribution in [2.45, 2.75) is 69.9 Å². The van der Waals surface area contributed by atoms with E-state index in [4.69, 9.17) is 4.74 Å². The van der Waals surface area contributed by atoms with Gasteiger partial charge in [-0.3, -0.25) is 14.4 Å². The molecule has 0 spiro atoms. The summed E-state index contributed by atoms with van der Waals surface area (Å²) in [5, 5.41) is 19.3. The minimum Gasteiger partial charge on any atom is -0.491 e. The van der Waals surface area contributed by atoms with Crippen LogP contribution in [0.5, 0.6) is 0 Å². The molecule has 37 heavy (non-hydrogen) atoms. The van der Waals surface area contributed by atoms with E-state index >= 15 is 0 Å². The van der Waals surface area contributed by atoms with Crippen LogP contribution in [-0.2, 0) is 25.5 Å². The lowest BCUT2D eigenvalue weighted by Crippen LogP contribution is -2.58. The van der Waals surface area contributed by atoms with Crippen molar-refractivity contribution in [1.29, 1.82) is 0 Å². The maximum absolute atomic E-state index is 13.3. The van der Waals surface area contributed by atoms with E-state index in [9.17, 15) is 19.5 Å². The summed E-state index contributed by atoms with van der Waals surface area (Å²) in [7, 11) is 0. The Kier molecular flexibility index (Phi) is 13.1. The van der Waals surface area contributed by atoms with Gasteiger partial charge in [-0.05, 0) is 29.7 Å². The normalized spacial score (nSPS) is 26.6. The van der Waals surface area contributed by atoms with Gasteiger partial charge in [0.25, 0.3) is 0 Å². The van der Waals surface area contributed by atoms with Crippen molar-refractivity contribution in [1.82, 2.24) is 16.0 Å². The van der Waals surface area contributed by atoms with Crippen molar-refractivity contribution < 1.29 is 24.2 Å². The van der Waals surface area contributed by atoms with Gasteiger partial charge in [-0.1, -0.05) is 56.8 Å². The summed E-state index contributed by atoms with van der Waals surface area (Å²) in [5.41, 5.74) is 0.852. The first kappa shape index (κ1) is 30.8. The Morgan fingerprint density at radius 2 is 1.73 bits per heavy atom. The number of carbonyl (C=O) groups excluding carboxylic acids is 3. The molecule has 3 amide bonds. The summed E-state index contributed by atoms with van der Waals surface area (Å²) in [6.45, 7) is 7.68. The van der Waals surface area contributed by atoms with Crippen LogP contribution in [0.3, 0.4) is 0 Å². The highest BCUT2D eigenvalue weighted by Gasteiger charge is 2.32. The number of thiol groups is 2. The zero-order chi connectivity index (χ0) is 27.4. The molecule has 0 aromatic heterocycles. The van der Waals surface area contributed by atoms with Crippen LogP contribution in [0, 0.1) is 5.92 Å². The Hall–Kier alpha value is -2.43. The number of benzene rings is 1. The van der Waals surface area contributed by atoms with E-state index in [2.05, 4.69) is 47.8 Å². The summed E-state index contributed by atoms with van der Waals surface area (Å²) in [4.78, 5) is 39.4. The van der Waals surface area contributed by atoms with Gasteiger partial charge in [0.2, 0.25) is 17.7 Å². The molecule has 0 aliphatic carbocycles. The lowest BCUT2D eigenvalue weighted by Gasteiger charge is -2.30. The first-order valence-corrected chi connectivity index (χ1v) is 13.8. The molecular formula is C27H39N3O5S2. The van der Waals surface area contributed by atoms with Gasteiger partial charge in [0.1, 0.15) is 18.2 Å². The van der Waals surface area contributed by atoms with Crippen molar-refractivity contribution in [3.8, 4) is 0 Å². The van der Waals surface area contributed by atoms with Crippen LogP contribution >= 0.6 is 25.3 Å². The number of carbonyl (C=O) groups is 3. The molecule has 1 aromatic rings. The number of aliphatic hydroxyl groups excluding tert-OH is 1. The highest BCUT2D eigenvalue weighted by atomic mass is 32.1. The average molecular weight is 550 g/mol. The first-order chi connectivity index (χ1) is 17.6. The number of hydrogen-bond donors (Lipinski definition) is 6. The molecule has 1 heterocycles. The second-order valence-corrected chi connectivity index (χ2v) is 10.3. The van der Waals surface area contributed by atoms with E-state index in [-0.39, 0.29) is 36.7 Å². The first-order valence-electron chi connectivity index (χ1n) is 12.5. The standard InChI is InChI=1S/C27H39N3O5S2/c1-17(2)25-23(31)13-18(3)35-20(11-7-8-12-36)15-24(32)28-21(14-19-9-5-4-6-10-19)26(33)29-22(16-37)27(34)30-25/h4-7,9-11,17,20-23,25,31,36-37H,3,8,12-16H2,1-2H3,(H,28,32)(H,29,33)(H,30,34)/b11-7+/t20-,21-,22-,23+,25-/m1/s1. The van der Waals surface area contributed by atoms with Gasteiger partial charge < -0.3 is 25.8 Å². The van der Waals surface area contributed by atoms with Gasteiger partial charge in [0, 0.05) is 18.6 Å². The van der Waals surface area contributed by atoms with Crippen molar-refractivity contribution in [3.63, 3.8) is 0 Å². The minimum absolute atomic E-state index is 0.0400. The third kappa shape index (κ3) is 10.5. The van der Waals surface area contributed by atoms with E-state index in [1.807, 2.05) is 50.3 Å². The molecule has 10 heteroatoms. The molecule has 1 fully saturated rings. The van der Waals surface area contributed by atoms with E-state index in [1.165, 1.54) is 0 Å². The summed E-state index contributed by atoms with van der Waals surface area (Å²) in [6.07, 6.45) is 2.92. The van der Waals surface area contributed by atoms with Crippen molar-refractivity contribution >= 4 is 43.0 Å². The molecule has 0 unspecified atom stereocenters. The van der Waals surface area contributed by atoms with Gasteiger partial charge in [-0.25, -0.2) is 0 Å². The van der Waals surface area contributed by atoms with Gasteiger partial charge >= 0.3 is 0 Å². The average Bonchev–Trinajstić information content (AvgIpc) is 2.85. The minimum atomic E-state index is -0.987. The highest BCUT2D eigenvalue weighted by Crippen LogP contribution is 2.18. The number of allylic oxidation sites excluding steroid dienone is 1. The zero-order valence-corrected chi connectivity index (χ0v) is 23.2. The summed E-state index contributed by atoms with van der Waals surface area (Å²) < 4.78 is 5.94. The molecule has 1 aromatic carbocycles. The van der Waals surface area contributed by atoms with Crippen molar-refractivity contribution in [2.75, 3.05) is 11.5 Å². The lowest BCUT2D eigenvalue weighted by molar-refractivity contribution is -0.132. The quantitative estimate of drug-likeness (QED) is 0.230. The third-order valence-electron chi connectivity index (χ3n) is 5.98. The molecule has 4 N–H and O–H groups in total. The van der Waals surface area contributed by atoms with Gasteiger partial charge in [-0.2, -0.15) is 25.3 Å². The smallest absolute Gasteiger partial charge is 0.243 e. The number of aliphatic hydroxyl groups is 1. The van der Waals surface area contributed by atoms with Crippen LogP contribution in [0.2, 0.25) is 0 Å². The summed E-state index contributed by atoms with van der Waals surface area (Å²) in [5.74, 6) is -0.522. The maximum atomic E-state index is 13.3. The van der Waals surface area contributed by atoms with E-state index in [0.29, 0.717) is 12.2 Å². The fourth-order valence-electron chi connectivity index (χ4n) is 4.03. The van der Waals surface area contributed by atoms with Crippen LogP contribution in [-0.4, -0.2) is 64.7 Å². The SMILES string of the molecule is C=C1C[C@H](O)[C@@H](C(C)C)NC(=O)[C@@H](CS)NC(=O)[C@@H](Cc2ccccc2)NC(=O)C[C@@H](/C=C/CCS)O1. The lowest BCUT2D eigenvalue weighted by atomic mass is 9.95. The highest BCUT2D eigenvalue weighted by molar-refractivity contribution is 7.80. The Bertz CT molecular complexity index is 941. The van der Waals surface area contributed by atoms with Crippen molar-refractivity contribution in [3.05, 3.63) is 60.4 Å². The van der Waals surface area contributed by atoms with Crippen LogP contribution in [0.1, 0.15) is 38.7 Å². The fourth-order valence-corrected chi connectivity index (χ4v) is 4.43. The molecule has 5 atom stereocenters. The topological polar surface area (TPSA) is 117 Å². The third-order valence-corrected chi connectivity index (χ3v) is 6.60. The number of nitrogens with one attached hydrogen (secondary N) is 3. The molecule has 0 radical (unpaired) electrons. The van der Waals surface area contributed by atoms with Crippen LogP contribution in [0.4, 0.5) is 0 Å². The van der Waals surface area contributed by atoms with Gasteiger partial charge in [0.15, 0.2) is 0 Å². The van der Waals surface area contributed by atoms with Crippen LogP contribution in [0.15, 0.2) is 54.8 Å². The predicted molar refractivity (Wildman–Crippen MR) is 151 cm³/mol. The molecule has 0 bridgehead atoms. The predicted octanol–water partition coefficient (Wildman–Crippen LogP) is 2.20. The molecule has 8 nitrogen and oxygen atoms in total. The molecule has 1 aliphatic rings. The van der Waals surface area contributed by atoms with E-state index in [1.54, 1.807) is 6.08 Å². The van der Waals surface area contributed by atoms with Gasteiger partial charge in [-0.15, -0.1) is 0 Å². The second-order valence-electron chi connectivity index (χ2n) is 9.44. The summed E-state index contributed by atoms with van der Waals surface area (Å²) in [6, 6.07) is 6.80. The molecule has 2 rings (SSSR count). The van der Waals surface area contributed by atoms with Gasteiger partial charge in [0.05, 0.1) is 24.3 Å². The Morgan fingerprint density at radius 1 is 1.05 bits per heavy atom. The molecule has 1 saturated heterocycles. The second kappa shape index (κ2) is 15.7. The molecular weight excluding hydrogens is 510 g/mol. The maximum Gasteiger partial charge on any atom is 0.243 e. The Labute approximate surface area is 230 Å². The summed E-state index contributed by atoms with van der Waals surface area (Å²) >= 11 is 8.46. The van der Waals surface area contributed by atoms with E-state index in [0.717, 1.165) is 5.56 Å². The zero-order valence-electron chi connectivity index (χ0n) is 21.4.